The molecule has 0 saturated heterocycles. The molecule has 0 aliphatic heterocycles. The molecular weight excluding hydrogens is 364 g/mol. The van der Waals surface area contributed by atoms with Gasteiger partial charge in [0.2, 0.25) is 0 Å². The molecule has 5 nitrogen and oxygen atoms in total. The first kappa shape index (κ1) is 20.7. The maximum absolute atomic E-state index is 12.4. The molecule has 29 heavy (non-hydrogen) atoms. The van der Waals surface area contributed by atoms with Crippen molar-refractivity contribution in [1.82, 2.24) is 4.90 Å². The molecule has 0 radical (unpaired) electrons. The molecule has 0 fully saturated rings. The Labute approximate surface area is 172 Å². The molecule has 152 valence electrons. The molecule has 3 aromatic rings. The van der Waals surface area contributed by atoms with Crippen LogP contribution in [0, 0.1) is 0 Å². The molecule has 1 N–H and O–H groups in total. The number of anilines is 1. The SMILES string of the molecule is CCN(CC)CCOc1ccccc1NC(=O)COc1cccc2ccccc12. The third kappa shape index (κ3) is 5.72. The van der Waals surface area contributed by atoms with Gasteiger partial charge in [0, 0.05) is 11.9 Å². The lowest BCUT2D eigenvalue weighted by Gasteiger charge is -2.19. The lowest BCUT2D eigenvalue weighted by molar-refractivity contribution is -0.118. The van der Waals surface area contributed by atoms with Gasteiger partial charge in [0.15, 0.2) is 6.61 Å². The van der Waals surface area contributed by atoms with Crippen LogP contribution in [0.5, 0.6) is 11.5 Å². The number of nitrogens with one attached hydrogen (secondary N) is 1. The summed E-state index contributed by atoms with van der Waals surface area (Å²) in [5.41, 5.74) is 0.651. The van der Waals surface area contributed by atoms with E-state index in [1.54, 1.807) is 0 Å². The van der Waals surface area contributed by atoms with Gasteiger partial charge in [0.25, 0.3) is 5.91 Å². The number of carbonyl (C=O) groups excluding carboxylic acids is 1. The standard InChI is InChI=1S/C24H28N2O3/c1-3-26(4-2)16-17-28-23-14-8-7-13-21(23)25-24(27)18-29-22-15-9-11-19-10-5-6-12-20(19)22/h5-15H,3-4,16-18H2,1-2H3,(H,25,27). The van der Waals surface area contributed by atoms with Gasteiger partial charge in [-0.15, -0.1) is 0 Å². The highest BCUT2D eigenvalue weighted by Gasteiger charge is 2.10. The third-order valence-electron chi connectivity index (χ3n) is 4.83. The van der Waals surface area contributed by atoms with Crippen molar-refractivity contribution in [3.05, 3.63) is 66.7 Å². The minimum Gasteiger partial charge on any atom is -0.490 e. The fraction of sp³-hybridized carbons (Fsp3) is 0.292. The predicted molar refractivity (Wildman–Crippen MR) is 118 cm³/mol. The molecular formula is C24H28N2O3. The Kier molecular flexibility index (Phi) is 7.47. The van der Waals surface area contributed by atoms with E-state index in [2.05, 4.69) is 24.1 Å². The molecule has 0 aliphatic rings. The molecule has 3 rings (SSSR count). The van der Waals surface area contributed by atoms with E-state index in [1.165, 1.54) is 0 Å². The number of hydrogen-bond donors (Lipinski definition) is 1. The Morgan fingerprint density at radius 2 is 1.55 bits per heavy atom. The topological polar surface area (TPSA) is 50.8 Å². The van der Waals surface area contributed by atoms with Gasteiger partial charge in [-0.05, 0) is 36.7 Å². The number of amides is 1. The first-order valence-electron chi connectivity index (χ1n) is 10.1. The second-order valence-corrected chi connectivity index (χ2v) is 6.69. The summed E-state index contributed by atoms with van der Waals surface area (Å²) in [4.78, 5) is 14.7. The number of ether oxygens (including phenoxy) is 2. The van der Waals surface area contributed by atoms with Crippen molar-refractivity contribution in [3.63, 3.8) is 0 Å². The second-order valence-electron chi connectivity index (χ2n) is 6.69. The number of carbonyl (C=O) groups is 1. The van der Waals surface area contributed by atoms with Crippen LogP contribution >= 0.6 is 0 Å². The van der Waals surface area contributed by atoms with Crippen molar-refractivity contribution >= 4 is 22.4 Å². The summed E-state index contributed by atoms with van der Waals surface area (Å²) >= 11 is 0. The molecule has 0 spiro atoms. The van der Waals surface area contributed by atoms with Gasteiger partial charge in [0.05, 0.1) is 5.69 Å². The molecule has 0 saturated carbocycles. The summed E-state index contributed by atoms with van der Waals surface area (Å²) in [5, 5.41) is 4.96. The first-order valence-corrected chi connectivity index (χ1v) is 10.1. The van der Waals surface area contributed by atoms with Crippen LogP contribution in [-0.4, -0.2) is 43.7 Å². The van der Waals surface area contributed by atoms with E-state index in [4.69, 9.17) is 9.47 Å². The lowest BCUT2D eigenvalue weighted by atomic mass is 10.1. The summed E-state index contributed by atoms with van der Waals surface area (Å²) in [7, 11) is 0. The molecule has 0 aromatic heterocycles. The molecule has 3 aromatic carbocycles. The van der Waals surface area contributed by atoms with Crippen molar-refractivity contribution < 1.29 is 14.3 Å². The smallest absolute Gasteiger partial charge is 0.262 e. The zero-order valence-electron chi connectivity index (χ0n) is 17.1. The average Bonchev–Trinajstić information content (AvgIpc) is 2.76. The molecule has 0 unspecified atom stereocenters. The number of fused-ring (bicyclic) bond motifs is 1. The van der Waals surface area contributed by atoms with E-state index in [9.17, 15) is 4.79 Å². The minimum absolute atomic E-state index is 0.0677. The van der Waals surface area contributed by atoms with Gasteiger partial charge >= 0.3 is 0 Å². The Balaban J connectivity index is 1.58. The largest absolute Gasteiger partial charge is 0.490 e. The van der Waals surface area contributed by atoms with E-state index < -0.39 is 0 Å². The molecule has 0 heterocycles. The highest BCUT2D eigenvalue weighted by Crippen LogP contribution is 2.26. The zero-order valence-corrected chi connectivity index (χ0v) is 17.1. The van der Waals surface area contributed by atoms with Crippen LogP contribution in [0.25, 0.3) is 10.8 Å². The monoisotopic (exact) mass is 392 g/mol. The van der Waals surface area contributed by atoms with Crippen LogP contribution in [-0.2, 0) is 4.79 Å². The van der Waals surface area contributed by atoms with Crippen LogP contribution in [0.2, 0.25) is 0 Å². The van der Waals surface area contributed by atoms with E-state index in [0.29, 0.717) is 23.8 Å². The summed E-state index contributed by atoms with van der Waals surface area (Å²) in [6.07, 6.45) is 0. The Morgan fingerprint density at radius 3 is 2.38 bits per heavy atom. The number of hydrogen-bond acceptors (Lipinski definition) is 4. The van der Waals surface area contributed by atoms with E-state index in [-0.39, 0.29) is 12.5 Å². The van der Waals surface area contributed by atoms with E-state index in [1.807, 2.05) is 66.7 Å². The number of para-hydroxylation sites is 2. The van der Waals surface area contributed by atoms with Gasteiger partial charge < -0.3 is 19.7 Å². The highest BCUT2D eigenvalue weighted by atomic mass is 16.5. The van der Waals surface area contributed by atoms with Crippen LogP contribution in [0.4, 0.5) is 5.69 Å². The van der Waals surface area contributed by atoms with Gasteiger partial charge in [-0.1, -0.05) is 62.4 Å². The predicted octanol–water partition coefficient (Wildman–Crippen LogP) is 4.58. The highest BCUT2D eigenvalue weighted by molar-refractivity contribution is 5.94. The van der Waals surface area contributed by atoms with Crippen LogP contribution in [0.15, 0.2) is 66.7 Å². The van der Waals surface area contributed by atoms with Gasteiger partial charge in [-0.2, -0.15) is 0 Å². The Bertz CT molecular complexity index is 933. The van der Waals surface area contributed by atoms with Crippen molar-refractivity contribution in [2.24, 2.45) is 0 Å². The lowest BCUT2D eigenvalue weighted by Crippen LogP contribution is -2.28. The molecule has 1 amide bonds. The van der Waals surface area contributed by atoms with Crippen molar-refractivity contribution in [1.29, 1.82) is 0 Å². The van der Waals surface area contributed by atoms with Crippen molar-refractivity contribution in [2.45, 2.75) is 13.8 Å². The normalized spacial score (nSPS) is 10.9. The van der Waals surface area contributed by atoms with Gasteiger partial charge in [-0.3, -0.25) is 4.79 Å². The van der Waals surface area contributed by atoms with Crippen LogP contribution < -0.4 is 14.8 Å². The maximum atomic E-state index is 12.4. The summed E-state index contributed by atoms with van der Waals surface area (Å²) in [5.74, 6) is 1.14. The molecule has 0 aliphatic carbocycles. The van der Waals surface area contributed by atoms with Crippen LogP contribution in [0.1, 0.15) is 13.8 Å². The van der Waals surface area contributed by atoms with Gasteiger partial charge in [0.1, 0.15) is 18.1 Å². The molecule has 5 heteroatoms. The van der Waals surface area contributed by atoms with E-state index >= 15 is 0 Å². The zero-order chi connectivity index (χ0) is 20.5. The van der Waals surface area contributed by atoms with Crippen molar-refractivity contribution in [3.8, 4) is 11.5 Å². The molecule has 0 atom stereocenters. The fourth-order valence-corrected chi connectivity index (χ4v) is 3.17. The second kappa shape index (κ2) is 10.5. The number of benzene rings is 3. The summed E-state index contributed by atoms with van der Waals surface area (Å²) in [6, 6.07) is 21.2. The Morgan fingerprint density at radius 1 is 0.862 bits per heavy atom. The Hall–Kier alpha value is -3.05. The van der Waals surface area contributed by atoms with E-state index in [0.717, 1.165) is 30.4 Å². The number of nitrogens with zero attached hydrogens (tertiary/aromatic N) is 1. The quantitative estimate of drug-likeness (QED) is 0.549. The summed E-state index contributed by atoms with van der Waals surface area (Å²) < 4.78 is 11.7. The average molecular weight is 392 g/mol. The van der Waals surface area contributed by atoms with Gasteiger partial charge in [-0.25, -0.2) is 0 Å². The first-order chi connectivity index (χ1) is 14.2. The van der Waals surface area contributed by atoms with Crippen molar-refractivity contribution in [2.75, 3.05) is 38.2 Å². The minimum atomic E-state index is -0.224. The molecule has 0 bridgehead atoms. The summed E-state index contributed by atoms with van der Waals surface area (Å²) in [6.45, 7) is 7.59. The number of rotatable bonds is 10. The third-order valence-corrected chi connectivity index (χ3v) is 4.83. The maximum Gasteiger partial charge on any atom is 0.262 e. The van der Waals surface area contributed by atoms with Crippen LogP contribution in [0.3, 0.4) is 0 Å². The number of likely N-dealkylation sites (N-methyl/N-ethyl adjacent to an activating group) is 1. The fourth-order valence-electron chi connectivity index (χ4n) is 3.17.